The summed E-state index contributed by atoms with van der Waals surface area (Å²) in [6.07, 6.45) is 1.11. The molecule has 0 saturated heterocycles. The average Bonchev–Trinajstić information content (AvgIpc) is 2.35. The first kappa shape index (κ1) is 17.4. The lowest BCUT2D eigenvalue weighted by atomic mass is 10.2. The number of hydrogen-bond donors (Lipinski definition) is 1. The van der Waals surface area contributed by atoms with E-state index in [1.807, 2.05) is 6.92 Å². The molecular formula is C13H29N3O2. The molecular weight excluding hydrogens is 230 g/mol. The SMILES string of the molecule is CCNC(CN(CC)CCCN(C)C)C(=O)OC. The zero-order valence-electron chi connectivity index (χ0n) is 12.5. The fraction of sp³-hybridized carbons (Fsp3) is 0.923. The molecule has 0 aliphatic carbocycles. The third kappa shape index (κ3) is 7.63. The molecule has 1 atom stereocenters. The maximum absolute atomic E-state index is 11.6. The van der Waals surface area contributed by atoms with Crippen LogP contribution >= 0.6 is 0 Å². The van der Waals surface area contributed by atoms with Gasteiger partial charge >= 0.3 is 5.97 Å². The highest BCUT2D eigenvalue weighted by Crippen LogP contribution is 1.98. The Morgan fingerprint density at radius 2 is 1.94 bits per heavy atom. The molecule has 0 saturated carbocycles. The number of methoxy groups -OCH3 is 1. The number of carbonyl (C=O) groups is 1. The molecule has 1 N–H and O–H groups in total. The molecule has 0 aromatic carbocycles. The van der Waals surface area contributed by atoms with Crippen LogP contribution in [-0.4, -0.2) is 75.7 Å². The van der Waals surface area contributed by atoms with Crippen LogP contribution in [0.3, 0.4) is 0 Å². The topological polar surface area (TPSA) is 44.8 Å². The van der Waals surface area contributed by atoms with Gasteiger partial charge in [0.1, 0.15) is 6.04 Å². The predicted octanol–water partition coefficient (Wildman–Crippen LogP) is 0.411. The number of likely N-dealkylation sites (N-methyl/N-ethyl adjacent to an activating group) is 2. The number of carbonyl (C=O) groups excluding carboxylic acids is 1. The highest BCUT2D eigenvalue weighted by molar-refractivity contribution is 5.75. The zero-order chi connectivity index (χ0) is 14.0. The first-order valence-electron chi connectivity index (χ1n) is 6.73. The second-order valence-corrected chi connectivity index (χ2v) is 4.68. The summed E-state index contributed by atoms with van der Waals surface area (Å²) in [5, 5.41) is 3.17. The van der Waals surface area contributed by atoms with Crippen LogP contribution in [0.4, 0.5) is 0 Å². The summed E-state index contributed by atoms with van der Waals surface area (Å²) in [6.45, 7) is 8.63. The van der Waals surface area contributed by atoms with Crippen molar-refractivity contribution in [2.24, 2.45) is 0 Å². The molecule has 0 aromatic heterocycles. The van der Waals surface area contributed by atoms with Crippen LogP contribution in [0.2, 0.25) is 0 Å². The largest absolute Gasteiger partial charge is 0.468 e. The minimum atomic E-state index is -0.223. The Kier molecular flexibility index (Phi) is 9.92. The van der Waals surface area contributed by atoms with Crippen molar-refractivity contribution in [3.63, 3.8) is 0 Å². The Morgan fingerprint density at radius 3 is 2.39 bits per heavy atom. The summed E-state index contributed by atoms with van der Waals surface area (Å²) in [5.41, 5.74) is 0. The molecule has 5 heteroatoms. The van der Waals surface area contributed by atoms with Crippen LogP contribution in [0.25, 0.3) is 0 Å². The molecule has 5 nitrogen and oxygen atoms in total. The van der Waals surface area contributed by atoms with Crippen LogP contribution in [0.5, 0.6) is 0 Å². The number of hydrogen-bond acceptors (Lipinski definition) is 5. The van der Waals surface area contributed by atoms with Gasteiger partial charge in [-0.25, -0.2) is 0 Å². The third-order valence-electron chi connectivity index (χ3n) is 2.90. The maximum Gasteiger partial charge on any atom is 0.324 e. The minimum Gasteiger partial charge on any atom is -0.468 e. The van der Waals surface area contributed by atoms with Crippen molar-refractivity contribution in [3.8, 4) is 0 Å². The monoisotopic (exact) mass is 259 g/mol. The first-order chi connectivity index (χ1) is 8.54. The van der Waals surface area contributed by atoms with E-state index >= 15 is 0 Å². The quantitative estimate of drug-likeness (QED) is 0.576. The number of rotatable bonds is 10. The van der Waals surface area contributed by atoms with Crippen molar-refractivity contribution in [3.05, 3.63) is 0 Å². The van der Waals surface area contributed by atoms with Crippen molar-refractivity contribution < 1.29 is 9.53 Å². The number of nitrogens with one attached hydrogen (secondary N) is 1. The van der Waals surface area contributed by atoms with E-state index < -0.39 is 0 Å². The Balaban J connectivity index is 4.15. The van der Waals surface area contributed by atoms with Crippen LogP contribution in [0, 0.1) is 0 Å². The van der Waals surface area contributed by atoms with E-state index in [-0.39, 0.29) is 12.0 Å². The molecule has 0 rings (SSSR count). The van der Waals surface area contributed by atoms with Crippen molar-refractivity contribution in [1.29, 1.82) is 0 Å². The number of esters is 1. The van der Waals surface area contributed by atoms with Gasteiger partial charge in [-0.05, 0) is 46.7 Å². The summed E-state index contributed by atoms with van der Waals surface area (Å²) in [7, 11) is 5.59. The lowest BCUT2D eigenvalue weighted by Crippen LogP contribution is -2.47. The van der Waals surface area contributed by atoms with Crippen molar-refractivity contribution in [2.75, 3.05) is 53.9 Å². The lowest BCUT2D eigenvalue weighted by molar-refractivity contribution is -0.143. The third-order valence-corrected chi connectivity index (χ3v) is 2.90. The fourth-order valence-corrected chi connectivity index (χ4v) is 1.86. The summed E-state index contributed by atoms with van der Waals surface area (Å²) in [4.78, 5) is 16.1. The lowest BCUT2D eigenvalue weighted by Gasteiger charge is -2.26. The molecule has 1 unspecified atom stereocenters. The van der Waals surface area contributed by atoms with Crippen LogP contribution < -0.4 is 5.32 Å². The van der Waals surface area contributed by atoms with Gasteiger partial charge in [0.05, 0.1) is 7.11 Å². The van der Waals surface area contributed by atoms with Gasteiger partial charge in [0, 0.05) is 6.54 Å². The van der Waals surface area contributed by atoms with Gasteiger partial charge in [-0.15, -0.1) is 0 Å². The Bertz CT molecular complexity index is 222. The Morgan fingerprint density at radius 1 is 1.28 bits per heavy atom. The molecule has 0 spiro atoms. The molecule has 0 fully saturated rings. The molecule has 0 amide bonds. The molecule has 0 aromatic rings. The van der Waals surface area contributed by atoms with Crippen LogP contribution in [0.15, 0.2) is 0 Å². The maximum atomic E-state index is 11.6. The van der Waals surface area contributed by atoms with Gasteiger partial charge in [0.15, 0.2) is 0 Å². The molecule has 0 aliphatic heterocycles. The minimum absolute atomic E-state index is 0.178. The van der Waals surface area contributed by atoms with E-state index in [1.165, 1.54) is 7.11 Å². The van der Waals surface area contributed by atoms with Gasteiger partial charge < -0.3 is 19.9 Å². The Hall–Kier alpha value is -0.650. The summed E-state index contributed by atoms with van der Waals surface area (Å²) >= 11 is 0. The fourth-order valence-electron chi connectivity index (χ4n) is 1.86. The van der Waals surface area contributed by atoms with E-state index in [0.717, 1.165) is 32.6 Å². The molecule has 0 bridgehead atoms. The summed E-state index contributed by atoms with van der Waals surface area (Å²) in [6, 6.07) is -0.223. The highest BCUT2D eigenvalue weighted by atomic mass is 16.5. The molecule has 0 aliphatic rings. The van der Waals surface area contributed by atoms with E-state index in [4.69, 9.17) is 4.74 Å². The standard InChI is InChI=1S/C13H29N3O2/c1-6-14-12(13(17)18-5)11-16(7-2)10-8-9-15(3)4/h12,14H,6-11H2,1-5H3. The van der Waals surface area contributed by atoms with Gasteiger partial charge in [0.25, 0.3) is 0 Å². The molecule has 0 heterocycles. The summed E-state index contributed by atoms with van der Waals surface area (Å²) < 4.78 is 4.82. The predicted molar refractivity (Wildman–Crippen MR) is 74.8 cm³/mol. The number of ether oxygens (including phenoxy) is 1. The molecule has 18 heavy (non-hydrogen) atoms. The van der Waals surface area contributed by atoms with Gasteiger partial charge in [-0.1, -0.05) is 13.8 Å². The summed E-state index contributed by atoms with van der Waals surface area (Å²) in [5.74, 6) is -0.178. The van der Waals surface area contributed by atoms with Crippen LogP contribution in [-0.2, 0) is 9.53 Å². The zero-order valence-corrected chi connectivity index (χ0v) is 12.5. The van der Waals surface area contributed by atoms with Crippen molar-refractivity contribution >= 4 is 5.97 Å². The number of nitrogens with zero attached hydrogens (tertiary/aromatic N) is 2. The smallest absolute Gasteiger partial charge is 0.324 e. The second-order valence-electron chi connectivity index (χ2n) is 4.68. The second kappa shape index (κ2) is 10.3. The molecule has 0 radical (unpaired) electrons. The van der Waals surface area contributed by atoms with Gasteiger partial charge in [-0.3, -0.25) is 4.79 Å². The first-order valence-corrected chi connectivity index (χ1v) is 6.73. The van der Waals surface area contributed by atoms with Crippen molar-refractivity contribution in [1.82, 2.24) is 15.1 Å². The van der Waals surface area contributed by atoms with E-state index in [0.29, 0.717) is 6.54 Å². The highest BCUT2D eigenvalue weighted by Gasteiger charge is 2.20. The normalized spacial score (nSPS) is 13.1. The van der Waals surface area contributed by atoms with E-state index in [9.17, 15) is 4.79 Å². The Labute approximate surface area is 111 Å². The van der Waals surface area contributed by atoms with Gasteiger partial charge in [0.2, 0.25) is 0 Å². The van der Waals surface area contributed by atoms with Crippen molar-refractivity contribution in [2.45, 2.75) is 26.3 Å². The van der Waals surface area contributed by atoms with Crippen LogP contribution in [0.1, 0.15) is 20.3 Å². The molecule has 108 valence electrons. The van der Waals surface area contributed by atoms with Gasteiger partial charge in [-0.2, -0.15) is 0 Å². The van der Waals surface area contributed by atoms with E-state index in [2.05, 4.69) is 36.1 Å². The van der Waals surface area contributed by atoms with E-state index in [1.54, 1.807) is 0 Å². The average molecular weight is 259 g/mol.